The van der Waals surface area contributed by atoms with Crippen LogP contribution in [0.2, 0.25) is 0 Å². The Kier molecular flexibility index (Phi) is 3.49. The minimum Gasteiger partial charge on any atom is -0.384 e. The Morgan fingerprint density at radius 2 is 2.12 bits per heavy atom. The number of rotatable bonds is 4. The Balaban J connectivity index is 1.93. The summed E-state index contributed by atoms with van der Waals surface area (Å²) in [5.74, 6) is 0.692. The van der Waals surface area contributed by atoms with Crippen molar-refractivity contribution >= 4 is 5.69 Å². The molecule has 0 spiro atoms. The molecule has 2 rings (SSSR count). The molecule has 1 aliphatic heterocycles. The van der Waals surface area contributed by atoms with Crippen LogP contribution in [0.3, 0.4) is 0 Å². The van der Waals surface area contributed by atoms with E-state index in [1.54, 1.807) is 0 Å². The van der Waals surface area contributed by atoms with Crippen molar-refractivity contribution in [3.63, 3.8) is 0 Å². The van der Waals surface area contributed by atoms with Crippen LogP contribution in [-0.4, -0.2) is 31.1 Å². The molecule has 0 radical (unpaired) electrons. The average molecular weight is 218 g/mol. The van der Waals surface area contributed by atoms with Crippen molar-refractivity contribution in [2.45, 2.75) is 32.2 Å². The fraction of sp³-hybridized carbons (Fsp3) is 0.571. The largest absolute Gasteiger partial charge is 0.384 e. The van der Waals surface area contributed by atoms with Gasteiger partial charge in [-0.1, -0.05) is 18.2 Å². The second kappa shape index (κ2) is 4.88. The second-order valence-electron chi connectivity index (χ2n) is 5.03. The molecule has 0 fully saturated rings. The standard InChI is InChI=1S/C14H22N2/c1-11(2)16(3)9-8-12-10-15-14-7-5-4-6-13(12)14/h4-7,11-12,15H,8-10H2,1-3H3. The summed E-state index contributed by atoms with van der Waals surface area (Å²) < 4.78 is 0. The topological polar surface area (TPSA) is 15.3 Å². The molecule has 0 amide bonds. The molecule has 1 unspecified atom stereocenters. The fourth-order valence-corrected chi connectivity index (χ4v) is 2.23. The second-order valence-corrected chi connectivity index (χ2v) is 5.03. The zero-order valence-electron chi connectivity index (χ0n) is 10.5. The summed E-state index contributed by atoms with van der Waals surface area (Å²) in [7, 11) is 2.21. The number of nitrogens with one attached hydrogen (secondary N) is 1. The Morgan fingerprint density at radius 1 is 1.38 bits per heavy atom. The van der Waals surface area contributed by atoms with Gasteiger partial charge in [-0.3, -0.25) is 0 Å². The van der Waals surface area contributed by atoms with Gasteiger partial charge in [-0.2, -0.15) is 0 Å². The van der Waals surface area contributed by atoms with Gasteiger partial charge in [0, 0.05) is 24.2 Å². The highest BCUT2D eigenvalue weighted by Crippen LogP contribution is 2.33. The maximum absolute atomic E-state index is 3.48. The van der Waals surface area contributed by atoms with Gasteiger partial charge in [-0.15, -0.1) is 0 Å². The first-order valence-corrected chi connectivity index (χ1v) is 6.21. The molecule has 0 saturated heterocycles. The minimum absolute atomic E-state index is 0.643. The first-order chi connectivity index (χ1) is 7.68. The fourth-order valence-electron chi connectivity index (χ4n) is 2.23. The van der Waals surface area contributed by atoms with E-state index in [1.807, 2.05) is 0 Å². The summed E-state index contributed by atoms with van der Waals surface area (Å²) in [6, 6.07) is 9.33. The first kappa shape index (κ1) is 11.5. The van der Waals surface area contributed by atoms with E-state index in [0.29, 0.717) is 12.0 Å². The van der Waals surface area contributed by atoms with Crippen LogP contribution in [0.1, 0.15) is 31.7 Å². The van der Waals surface area contributed by atoms with Crippen LogP contribution in [0.25, 0.3) is 0 Å². The van der Waals surface area contributed by atoms with E-state index in [1.165, 1.54) is 24.2 Å². The highest BCUT2D eigenvalue weighted by atomic mass is 15.1. The Labute approximate surface area is 98.7 Å². The molecule has 0 aromatic heterocycles. The molecule has 1 heterocycles. The zero-order chi connectivity index (χ0) is 11.5. The molecule has 0 saturated carbocycles. The third kappa shape index (κ3) is 2.38. The normalized spacial score (nSPS) is 18.9. The smallest absolute Gasteiger partial charge is 0.0376 e. The number of hydrogen-bond donors (Lipinski definition) is 1. The lowest BCUT2D eigenvalue weighted by Crippen LogP contribution is -2.28. The number of fused-ring (bicyclic) bond motifs is 1. The summed E-state index contributed by atoms with van der Waals surface area (Å²) in [6.07, 6.45) is 1.25. The van der Waals surface area contributed by atoms with Crippen molar-refractivity contribution in [1.29, 1.82) is 0 Å². The van der Waals surface area contributed by atoms with Gasteiger partial charge in [0.15, 0.2) is 0 Å². The molecule has 88 valence electrons. The minimum atomic E-state index is 0.643. The molecule has 16 heavy (non-hydrogen) atoms. The van der Waals surface area contributed by atoms with Gasteiger partial charge < -0.3 is 10.2 Å². The van der Waals surface area contributed by atoms with E-state index < -0.39 is 0 Å². The lowest BCUT2D eigenvalue weighted by atomic mass is 9.97. The van der Waals surface area contributed by atoms with Crippen molar-refractivity contribution in [3.05, 3.63) is 29.8 Å². The molecule has 2 heteroatoms. The Morgan fingerprint density at radius 3 is 2.88 bits per heavy atom. The summed E-state index contributed by atoms with van der Waals surface area (Å²) in [6.45, 7) is 6.78. The predicted molar refractivity (Wildman–Crippen MR) is 70.1 cm³/mol. The van der Waals surface area contributed by atoms with Gasteiger partial charge in [-0.05, 0) is 45.5 Å². The van der Waals surface area contributed by atoms with Crippen LogP contribution < -0.4 is 5.32 Å². The van der Waals surface area contributed by atoms with Gasteiger partial charge in [0.05, 0.1) is 0 Å². The number of hydrogen-bond acceptors (Lipinski definition) is 2. The maximum atomic E-state index is 3.48. The van der Waals surface area contributed by atoms with E-state index in [9.17, 15) is 0 Å². The van der Waals surface area contributed by atoms with Crippen LogP contribution in [0.5, 0.6) is 0 Å². The van der Waals surface area contributed by atoms with Gasteiger partial charge in [0.1, 0.15) is 0 Å². The first-order valence-electron chi connectivity index (χ1n) is 6.21. The van der Waals surface area contributed by atoms with E-state index in [2.05, 4.69) is 55.4 Å². The highest BCUT2D eigenvalue weighted by molar-refractivity contribution is 5.57. The van der Waals surface area contributed by atoms with Gasteiger partial charge in [-0.25, -0.2) is 0 Å². The maximum Gasteiger partial charge on any atom is 0.0376 e. The van der Waals surface area contributed by atoms with Crippen molar-refractivity contribution in [3.8, 4) is 0 Å². The van der Waals surface area contributed by atoms with E-state index in [-0.39, 0.29) is 0 Å². The van der Waals surface area contributed by atoms with E-state index in [4.69, 9.17) is 0 Å². The molecule has 1 aromatic carbocycles. The van der Waals surface area contributed by atoms with E-state index in [0.717, 1.165) is 6.54 Å². The monoisotopic (exact) mass is 218 g/mol. The summed E-state index contributed by atoms with van der Waals surface area (Å²) in [5.41, 5.74) is 2.83. The lowest BCUT2D eigenvalue weighted by molar-refractivity contribution is 0.264. The van der Waals surface area contributed by atoms with Crippen LogP contribution in [-0.2, 0) is 0 Å². The van der Waals surface area contributed by atoms with Crippen molar-refractivity contribution in [1.82, 2.24) is 4.90 Å². The number of para-hydroxylation sites is 1. The van der Waals surface area contributed by atoms with Crippen molar-refractivity contribution in [2.24, 2.45) is 0 Å². The number of anilines is 1. The molecular weight excluding hydrogens is 196 g/mol. The molecule has 0 aliphatic carbocycles. The molecule has 1 aliphatic rings. The Bertz CT molecular complexity index is 346. The zero-order valence-corrected chi connectivity index (χ0v) is 10.5. The molecular formula is C14H22N2. The van der Waals surface area contributed by atoms with Crippen molar-refractivity contribution < 1.29 is 0 Å². The Hall–Kier alpha value is -1.02. The summed E-state index contributed by atoms with van der Waals surface area (Å²) >= 11 is 0. The van der Waals surface area contributed by atoms with Crippen LogP contribution in [0.4, 0.5) is 5.69 Å². The lowest BCUT2D eigenvalue weighted by Gasteiger charge is -2.22. The molecule has 2 nitrogen and oxygen atoms in total. The van der Waals surface area contributed by atoms with Crippen molar-refractivity contribution in [2.75, 3.05) is 25.5 Å². The third-order valence-electron chi connectivity index (χ3n) is 3.65. The summed E-state index contributed by atoms with van der Waals surface area (Å²) in [5, 5.41) is 3.48. The molecule has 1 atom stereocenters. The predicted octanol–water partition coefficient (Wildman–Crippen LogP) is 2.93. The van der Waals surface area contributed by atoms with Gasteiger partial charge >= 0.3 is 0 Å². The van der Waals surface area contributed by atoms with E-state index >= 15 is 0 Å². The molecule has 1 aromatic rings. The SMILES string of the molecule is CC(C)N(C)CCC1CNc2ccccc21. The number of nitrogens with zero attached hydrogens (tertiary/aromatic N) is 1. The highest BCUT2D eigenvalue weighted by Gasteiger charge is 2.21. The van der Waals surface area contributed by atoms with Crippen LogP contribution in [0, 0.1) is 0 Å². The molecule has 0 bridgehead atoms. The van der Waals surface area contributed by atoms with Gasteiger partial charge in [0.25, 0.3) is 0 Å². The quantitative estimate of drug-likeness (QED) is 0.836. The average Bonchev–Trinajstić information content (AvgIpc) is 2.69. The third-order valence-corrected chi connectivity index (χ3v) is 3.65. The molecule has 1 N–H and O–H groups in total. The number of benzene rings is 1. The summed E-state index contributed by atoms with van der Waals surface area (Å²) in [4.78, 5) is 2.42. The van der Waals surface area contributed by atoms with Crippen LogP contribution in [0.15, 0.2) is 24.3 Å². The van der Waals surface area contributed by atoms with Gasteiger partial charge in [0.2, 0.25) is 0 Å². The van der Waals surface area contributed by atoms with Crippen LogP contribution >= 0.6 is 0 Å².